The third-order valence-corrected chi connectivity index (χ3v) is 4.15. The first-order chi connectivity index (χ1) is 11.1. The Kier molecular flexibility index (Phi) is 2.97. The van der Waals surface area contributed by atoms with Gasteiger partial charge in [-0.15, -0.1) is 10.2 Å². The lowest BCUT2D eigenvalue weighted by atomic mass is 9.97. The molecule has 0 fully saturated rings. The Morgan fingerprint density at radius 2 is 2.00 bits per heavy atom. The number of carboxylic acid groups (broad SMARTS) is 1. The van der Waals surface area contributed by atoms with Crippen LogP contribution < -0.4 is 0 Å². The van der Waals surface area contributed by atoms with E-state index < -0.39 is 5.97 Å². The molecule has 0 atom stereocenters. The van der Waals surface area contributed by atoms with Crippen LogP contribution in [0.2, 0.25) is 0 Å². The normalized spacial score (nSPS) is 12.6. The van der Waals surface area contributed by atoms with Gasteiger partial charge in [0.25, 0.3) is 0 Å². The minimum atomic E-state index is -0.970. The van der Waals surface area contributed by atoms with Crippen LogP contribution in [0.5, 0.6) is 0 Å². The molecule has 4 rings (SSSR count). The van der Waals surface area contributed by atoms with Crippen molar-refractivity contribution in [2.45, 2.75) is 19.8 Å². The fourth-order valence-electron chi connectivity index (χ4n) is 3.03. The van der Waals surface area contributed by atoms with Crippen molar-refractivity contribution in [2.24, 2.45) is 0 Å². The Morgan fingerprint density at radius 3 is 2.83 bits per heavy atom. The zero-order valence-corrected chi connectivity index (χ0v) is 12.5. The SMILES string of the molecule is Cc1nnc2n1-c1ccc(-c3cncc(C(=O)O)c3)cc1CC2. The van der Waals surface area contributed by atoms with Crippen LogP contribution in [0.3, 0.4) is 0 Å². The zero-order valence-electron chi connectivity index (χ0n) is 12.5. The molecule has 23 heavy (non-hydrogen) atoms. The molecule has 114 valence electrons. The van der Waals surface area contributed by atoms with Crippen LogP contribution in [-0.4, -0.2) is 30.8 Å². The number of hydrogen-bond acceptors (Lipinski definition) is 4. The van der Waals surface area contributed by atoms with Crippen LogP contribution >= 0.6 is 0 Å². The summed E-state index contributed by atoms with van der Waals surface area (Å²) in [5.74, 6) is 0.891. The predicted molar refractivity (Wildman–Crippen MR) is 83.7 cm³/mol. The van der Waals surface area contributed by atoms with Crippen molar-refractivity contribution >= 4 is 5.97 Å². The van der Waals surface area contributed by atoms with Gasteiger partial charge < -0.3 is 5.11 Å². The predicted octanol–water partition coefficient (Wildman–Crippen LogP) is 2.43. The highest BCUT2D eigenvalue weighted by atomic mass is 16.4. The number of carbonyl (C=O) groups is 1. The van der Waals surface area contributed by atoms with Gasteiger partial charge in [0.2, 0.25) is 0 Å². The van der Waals surface area contributed by atoms with Gasteiger partial charge >= 0.3 is 5.97 Å². The van der Waals surface area contributed by atoms with E-state index >= 15 is 0 Å². The van der Waals surface area contributed by atoms with Gasteiger partial charge in [0.15, 0.2) is 0 Å². The van der Waals surface area contributed by atoms with Gasteiger partial charge in [-0.1, -0.05) is 6.07 Å². The molecule has 6 heteroatoms. The van der Waals surface area contributed by atoms with E-state index in [1.54, 1.807) is 12.3 Å². The van der Waals surface area contributed by atoms with E-state index in [9.17, 15) is 4.79 Å². The number of aryl methyl sites for hydroxylation is 3. The highest BCUT2D eigenvalue weighted by Crippen LogP contribution is 2.29. The lowest BCUT2D eigenvalue weighted by Gasteiger charge is -2.19. The van der Waals surface area contributed by atoms with Crippen molar-refractivity contribution in [1.82, 2.24) is 19.7 Å². The molecule has 0 amide bonds. The number of pyridine rings is 1. The standard InChI is InChI=1S/C17H14N4O2/c1-10-19-20-16-5-3-12-6-11(2-4-15(12)21(10)16)13-7-14(17(22)23)9-18-8-13/h2,4,6-9H,3,5H2,1H3,(H,22,23). The smallest absolute Gasteiger partial charge is 0.337 e. The summed E-state index contributed by atoms with van der Waals surface area (Å²) in [5, 5.41) is 17.5. The fraction of sp³-hybridized carbons (Fsp3) is 0.176. The molecule has 0 saturated heterocycles. The number of benzene rings is 1. The molecule has 3 aromatic rings. The number of aromatic nitrogens is 4. The lowest BCUT2D eigenvalue weighted by molar-refractivity contribution is 0.0696. The van der Waals surface area contributed by atoms with Crippen LogP contribution in [-0.2, 0) is 12.8 Å². The molecule has 2 aromatic heterocycles. The van der Waals surface area contributed by atoms with Gasteiger partial charge in [-0.05, 0) is 42.7 Å². The third-order valence-electron chi connectivity index (χ3n) is 4.15. The summed E-state index contributed by atoms with van der Waals surface area (Å²) in [5.41, 5.74) is 4.27. The quantitative estimate of drug-likeness (QED) is 0.786. The van der Waals surface area contributed by atoms with E-state index in [2.05, 4.69) is 25.8 Å². The maximum atomic E-state index is 11.1. The largest absolute Gasteiger partial charge is 0.478 e. The van der Waals surface area contributed by atoms with Gasteiger partial charge in [0.1, 0.15) is 11.6 Å². The first kappa shape index (κ1) is 13.6. The first-order valence-corrected chi connectivity index (χ1v) is 7.36. The van der Waals surface area contributed by atoms with Crippen molar-refractivity contribution in [3.8, 4) is 16.8 Å². The summed E-state index contributed by atoms with van der Waals surface area (Å²) in [6, 6.07) is 7.77. The zero-order chi connectivity index (χ0) is 16.0. The van der Waals surface area contributed by atoms with Crippen LogP contribution in [0.15, 0.2) is 36.7 Å². The van der Waals surface area contributed by atoms with Crippen molar-refractivity contribution in [2.75, 3.05) is 0 Å². The third kappa shape index (κ3) is 2.19. The summed E-state index contributed by atoms with van der Waals surface area (Å²) >= 11 is 0. The average molecular weight is 306 g/mol. The van der Waals surface area contributed by atoms with E-state index in [0.717, 1.165) is 41.3 Å². The maximum Gasteiger partial charge on any atom is 0.337 e. The van der Waals surface area contributed by atoms with E-state index in [1.165, 1.54) is 11.8 Å². The highest BCUT2D eigenvalue weighted by molar-refractivity contribution is 5.88. The van der Waals surface area contributed by atoms with Gasteiger partial charge in [-0.3, -0.25) is 9.55 Å². The number of aromatic carboxylic acids is 1. The first-order valence-electron chi connectivity index (χ1n) is 7.36. The summed E-state index contributed by atoms with van der Waals surface area (Å²) < 4.78 is 2.08. The van der Waals surface area contributed by atoms with Crippen molar-refractivity contribution in [3.05, 3.63) is 59.4 Å². The molecule has 1 N–H and O–H groups in total. The summed E-state index contributed by atoms with van der Waals surface area (Å²) in [6.45, 7) is 1.94. The van der Waals surface area contributed by atoms with E-state index in [-0.39, 0.29) is 5.56 Å². The topological polar surface area (TPSA) is 80.9 Å². The molecule has 0 spiro atoms. The van der Waals surface area contributed by atoms with Gasteiger partial charge in [-0.25, -0.2) is 4.79 Å². The molecule has 1 aromatic carbocycles. The fourth-order valence-corrected chi connectivity index (χ4v) is 3.03. The molecule has 1 aliphatic heterocycles. The molecular formula is C17H14N4O2. The van der Waals surface area contributed by atoms with E-state index in [4.69, 9.17) is 5.11 Å². The van der Waals surface area contributed by atoms with Crippen LogP contribution in [0, 0.1) is 6.92 Å². The molecule has 0 unspecified atom stereocenters. The lowest BCUT2D eigenvalue weighted by Crippen LogP contribution is -2.13. The second kappa shape index (κ2) is 5.01. The monoisotopic (exact) mass is 306 g/mol. The van der Waals surface area contributed by atoms with Crippen molar-refractivity contribution in [1.29, 1.82) is 0 Å². The molecule has 0 saturated carbocycles. The van der Waals surface area contributed by atoms with Crippen LogP contribution in [0.25, 0.3) is 16.8 Å². The van der Waals surface area contributed by atoms with Crippen molar-refractivity contribution < 1.29 is 9.90 Å². The number of hydrogen-bond donors (Lipinski definition) is 1. The minimum Gasteiger partial charge on any atom is -0.478 e. The van der Waals surface area contributed by atoms with E-state index in [0.29, 0.717) is 0 Å². The van der Waals surface area contributed by atoms with Gasteiger partial charge in [0.05, 0.1) is 11.3 Å². The number of carboxylic acids is 1. The Hall–Kier alpha value is -3.02. The molecule has 1 aliphatic rings. The van der Waals surface area contributed by atoms with Crippen molar-refractivity contribution in [3.63, 3.8) is 0 Å². The average Bonchev–Trinajstić information content (AvgIpc) is 2.96. The second-order valence-electron chi connectivity index (χ2n) is 5.61. The Balaban J connectivity index is 1.81. The summed E-state index contributed by atoms with van der Waals surface area (Å²) in [4.78, 5) is 15.1. The van der Waals surface area contributed by atoms with E-state index in [1.807, 2.05) is 19.1 Å². The highest BCUT2D eigenvalue weighted by Gasteiger charge is 2.20. The second-order valence-corrected chi connectivity index (χ2v) is 5.61. The number of fused-ring (bicyclic) bond motifs is 3. The number of nitrogens with zero attached hydrogens (tertiary/aromatic N) is 4. The Labute approximate surface area is 132 Å². The van der Waals surface area contributed by atoms with Crippen LogP contribution in [0.1, 0.15) is 27.6 Å². The Morgan fingerprint density at radius 1 is 1.13 bits per heavy atom. The number of rotatable bonds is 2. The van der Waals surface area contributed by atoms with Gasteiger partial charge in [-0.2, -0.15) is 0 Å². The summed E-state index contributed by atoms with van der Waals surface area (Å²) in [6.07, 6.45) is 4.79. The van der Waals surface area contributed by atoms with Gasteiger partial charge in [0, 0.05) is 24.4 Å². The molecule has 0 radical (unpaired) electrons. The minimum absolute atomic E-state index is 0.192. The Bertz CT molecular complexity index is 930. The molecule has 0 bridgehead atoms. The molecular weight excluding hydrogens is 292 g/mol. The summed E-state index contributed by atoms with van der Waals surface area (Å²) in [7, 11) is 0. The molecule has 0 aliphatic carbocycles. The molecule has 6 nitrogen and oxygen atoms in total. The van der Waals surface area contributed by atoms with Crippen LogP contribution in [0.4, 0.5) is 0 Å². The molecule has 3 heterocycles. The maximum absolute atomic E-state index is 11.1.